The summed E-state index contributed by atoms with van der Waals surface area (Å²) < 4.78 is 1.90. The van der Waals surface area contributed by atoms with Crippen molar-refractivity contribution >= 4 is 34.8 Å². The van der Waals surface area contributed by atoms with Crippen LogP contribution in [0.4, 0.5) is 5.69 Å². The summed E-state index contributed by atoms with van der Waals surface area (Å²) >= 11 is 12.4. The van der Waals surface area contributed by atoms with Gasteiger partial charge in [0.1, 0.15) is 10.6 Å². The summed E-state index contributed by atoms with van der Waals surface area (Å²) in [5.41, 5.74) is 4.63. The number of anilines is 1. The molecule has 6 heteroatoms. The Labute approximate surface area is 205 Å². The average Bonchev–Trinajstić information content (AvgIpc) is 2.76. The van der Waals surface area contributed by atoms with Gasteiger partial charge in [0.25, 0.3) is 5.91 Å². The van der Waals surface area contributed by atoms with E-state index in [-0.39, 0.29) is 22.4 Å². The van der Waals surface area contributed by atoms with Crippen molar-refractivity contribution in [3.05, 3.63) is 96.4 Å². The number of aromatic nitrogens is 1. The number of carbonyl (C=O) groups is 1. The third-order valence-electron chi connectivity index (χ3n) is 6.01. The van der Waals surface area contributed by atoms with Crippen LogP contribution >= 0.6 is 23.2 Å². The van der Waals surface area contributed by atoms with Crippen molar-refractivity contribution in [3.63, 3.8) is 0 Å². The van der Waals surface area contributed by atoms with Gasteiger partial charge in [0.05, 0.1) is 0 Å². The Morgan fingerprint density at radius 3 is 1.97 bits per heavy atom. The molecule has 33 heavy (non-hydrogen) atoms. The molecule has 2 aromatic carbocycles. The van der Waals surface area contributed by atoms with E-state index in [4.69, 9.17) is 23.2 Å². The summed E-state index contributed by atoms with van der Waals surface area (Å²) in [6.45, 7) is 12.4. The van der Waals surface area contributed by atoms with Crippen LogP contribution in [0.15, 0.2) is 47.3 Å². The Balaban J connectivity index is 2.11. The Bertz CT molecular complexity index is 1220. The van der Waals surface area contributed by atoms with Gasteiger partial charge in [0.15, 0.2) is 0 Å². The fraction of sp³-hybridized carbons (Fsp3) is 0.333. The molecule has 0 saturated heterocycles. The van der Waals surface area contributed by atoms with Crippen LogP contribution in [0.5, 0.6) is 0 Å². The SMILES string of the molecule is Cc1c(Cl)c(=O)c(C(=O)Nc2c(C(C)C)cccc2C(C)C)c(C)n1Cc1ccc(Cl)cc1. The van der Waals surface area contributed by atoms with Gasteiger partial charge in [0, 0.05) is 28.6 Å². The van der Waals surface area contributed by atoms with Crippen molar-refractivity contribution in [2.45, 2.75) is 59.9 Å². The van der Waals surface area contributed by atoms with Crippen molar-refractivity contribution in [2.24, 2.45) is 0 Å². The first-order valence-electron chi connectivity index (χ1n) is 11.1. The highest BCUT2D eigenvalue weighted by Gasteiger charge is 2.24. The first-order valence-corrected chi connectivity index (χ1v) is 11.9. The van der Waals surface area contributed by atoms with Crippen LogP contribution in [0.25, 0.3) is 0 Å². The van der Waals surface area contributed by atoms with Gasteiger partial charge >= 0.3 is 0 Å². The first-order chi connectivity index (χ1) is 15.5. The molecule has 0 aliphatic heterocycles. The molecule has 3 rings (SSSR count). The Kier molecular flexibility index (Phi) is 7.71. The molecule has 0 atom stereocenters. The molecular formula is C27H30Cl2N2O2. The van der Waals surface area contributed by atoms with Gasteiger partial charge in [-0.1, -0.05) is 81.2 Å². The number of rotatable bonds is 6. The van der Waals surface area contributed by atoms with Gasteiger partial charge in [-0.25, -0.2) is 0 Å². The fourth-order valence-electron chi connectivity index (χ4n) is 4.09. The van der Waals surface area contributed by atoms with Gasteiger partial charge in [0.2, 0.25) is 5.43 Å². The topological polar surface area (TPSA) is 51.1 Å². The van der Waals surface area contributed by atoms with Gasteiger partial charge in [-0.05, 0) is 54.5 Å². The predicted molar refractivity (Wildman–Crippen MR) is 138 cm³/mol. The number of nitrogens with one attached hydrogen (secondary N) is 1. The van der Waals surface area contributed by atoms with E-state index < -0.39 is 11.3 Å². The molecule has 0 radical (unpaired) electrons. The molecule has 0 aliphatic rings. The van der Waals surface area contributed by atoms with Crippen LogP contribution in [0.1, 0.15) is 78.0 Å². The third kappa shape index (κ3) is 5.18. The monoisotopic (exact) mass is 484 g/mol. The lowest BCUT2D eigenvalue weighted by Crippen LogP contribution is -2.29. The Morgan fingerprint density at radius 2 is 1.45 bits per heavy atom. The van der Waals surface area contributed by atoms with Crippen molar-refractivity contribution < 1.29 is 4.79 Å². The van der Waals surface area contributed by atoms with E-state index in [1.54, 1.807) is 13.8 Å². The second-order valence-electron chi connectivity index (χ2n) is 8.98. The maximum absolute atomic E-state index is 13.5. The minimum absolute atomic E-state index is 0.0564. The van der Waals surface area contributed by atoms with Crippen LogP contribution < -0.4 is 10.7 Å². The van der Waals surface area contributed by atoms with Crippen LogP contribution in [0, 0.1) is 13.8 Å². The lowest BCUT2D eigenvalue weighted by atomic mass is 9.92. The number of para-hydroxylation sites is 1. The van der Waals surface area contributed by atoms with E-state index in [2.05, 4.69) is 33.0 Å². The number of nitrogens with zero attached hydrogens (tertiary/aromatic N) is 1. The van der Waals surface area contributed by atoms with Crippen molar-refractivity contribution in [1.82, 2.24) is 4.57 Å². The van der Waals surface area contributed by atoms with E-state index in [0.717, 1.165) is 22.4 Å². The summed E-state index contributed by atoms with van der Waals surface area (Å²) in [5, 5.41) is 3.76. The number of pyridine rings is 1. The predicted octanol–water partition coefficient (Wildman–Crippen LogP) is 7.32. The number of hydrogen-bond acceptors (Lipinski definition) is 2. The molecule has 0 unspecified atom stereocenters. The number of amides is 1. The highest BCUT2D eigenvalue weighted by molar-refractivity contribution is 6.31. The fourth-order valence-corrected chi connectivity index (χ4v) is 4.41. The first kappa shape index (κ1) is 25.1. The zero-order valence-electron chi connectivity index (χ0n) is 19.9. The van der Waals surface area contributed by atoms with Crippen molar-refractivity contribution in [1.29, 1.82) is 0 Å². The summed E-state index contributed by atoms with van der Waals surface area (Å²) in [6.07, 6.45) is 0. The third-order valence-corrected chi connectivity index (χ3v) is 6.71. The molecule has 4 nitrogen and oxygen atoms in total. The number of carbonyl (C=O) groups excluding carboxylic acids is 1. The molecule has 0 saturated carbocycles. The summed E-state index contributed by atoms with van der Waals surface area (Å²) in [4.78, 5) is 26.6. The van der Waals surface area contributed by atoms with Gasteiger partial charge in [-0.15, -0.1) is 0 Å². The number of benzene rings is 2. The van der Waals surface area contributed by atoms with Gasteiger partial charge in [-0.3, -0.25) is 9.59 Å². The summed E-state index contributed by atoms with van der Waals surface area (Å²) in [6, 6.07) is 13.5. The van der Waals surface area contributed by atoms with E-state index in [1.165, 1.54) is 0 Å². The highest BCUT2D eigenvalue weighted by Crippen LogP contribution is 2.33. The maximum Gasteiger partial charge on any atom is 0.261 e. The Hall–Kier alpha value is -2.56. The van der Waals surface area contributed by atoms with E-state index in [1.807, 2.05) is 47.0 Å². The second kappa shape index (κ2) is 10.1. The molecule has 1 N–H and O–H groups in total. The minimum Gasteiger partial charge on any atom is -0.342 e. The second-order valence-corrected chi connectivity index (χ2v) is 9.79. The molecule has 1 aromatic heterocycles. The number of halogens is 2. The maximum atomic E-state index is 13.5. The largest absolute Gasteiger partial charge is 0.342 e. The molecule has 1 amide bonds. The molecule has 0 bridgehead atoms. The summed E-state index contributed by atoms with van der Waals surface area (Å²) in [7, 11) is 0. The normalized spacial score (nSPS) is 11.3. The number of hydrogen-bond donors (Lipinski definition) is 1. The molecule has 0 spiro atoms. The van der Waals surface area contributed by atoms with E-state index in [0.29, 0.717) is 23.0 Å². The molecule has 174 valence electrons. The van der Waals surface area contributed by atoms with Crippen molar-refractivity contribution in [2.75, 3.05) is 5.32 Å². The lowest BCUT2D eigenvalue weighted by Gasteiger charge is -2.22. The average molecular weight is 485 g/mol. The smallest absolute Gasteiger partial charge is 0.261 e. The quantitative estimate of drug-likeness (QED) is 0.398. The van der Waals surface area contributed by atoms with Crippen LogP contribution in [0.2, 0.25) is 10.0 Å². The molecule has 1 heterocycles. The lowest BCUT2D eigenvalue weighted by molar-refractivity contribution is 0.102. The highest BCUT2D eigenvalue weighted by atomic mass is 35.5. The zero-order chi connectivity index (χ0) is 24.4. The molecule has 3 aromatic rings. The van der Waals surface area contributed by atoms with E-state index in [9.17, 15) is 9.59 Å². The van der Waals surface area contributed by atoms with Crippen molar-refractivity contribution in [3.8, 4) is 0 Å². The van der Waals surface area contributed by atoms with Crippen LogP contribution in [-0.2, 0) is 6.54 Å². The van der Waals surface area contributed by atoms with Crippen LogP contribution in [-0.4, -0.2) is 10.5 Å². The summed E-state index contributed by atoms with van der Waals surface area (Å²) in [5.74, 6) is -0.0224. The van der Waals surface area contributed by atoms with Gasteiger partial charge < -0.3 is 9.88 Å². The minimum atomic E-state index is -0.454. The van der Waals surface area contributed by atoms with E-state index >= 15 is 0 Å². The van der Waals surface area contributed by atoms with Gasteiger partial charge in [-0.2, -0.15) is 0 Å². The molecular weight excluding hydrogens is 455 g/mol. The van der Waals surface area contributed by atoms with Crippen LogP contribution in [0.3, 0.4) is 0 Å². The molecule has 0 fully saturated rings. The molecule has 0 aliphatic carbocycles. The Morgan fingerprint density at radius 1 is 0.909 bits per heavy atom. The zero-order valence-corrected chi connectivity index (χ0v) is 21.4. The standard InChI is InChI=1S/C27H30Cl2N2O2/c1-15(2)21-8-7-9-22(16(3)4)25(21)30-27(33)23-17(5)31(18(6)24(29)26(23)32)14-19-10-12-20(28)13-11-19/h7-13,15-16H,14H2,1-6H3,(H,30,33).